The van der Waals surface area contributed by atoms with Crippen LogP contribution in [0.25, 0.3) is 10.4 Å². The van der Waals surface area contributed by atoms with Crippen LogP contribution in [0.1, 0.15) is 0 Å². The summed E-state index contributed by atoms with van der Waals surface area (Å²) >= 11 is 12.9. The fourth-order valence-electron chi connectivity index (χ4n) is 1.00. The van der Waals surface area contributed by atoms with E-state index in [0.717, 1.165) is 15.5 Å². The van der Waals surface area contributed by atoms with Gasteiger partial charge in [0.2, 0.25) is 0 Å². The second-order valence-corrected chi connectivity index (χ2v) is 4.15. The average Bonchev–Trinajstić information content (AvgIpc) is 2.53. The molecule has 0 bridgehead atoms. The fourth-order valence-corrected chi connectivity index (χ4v) is 2.05. The zero-order chi connectivity index (χ0) is 9.26. The van der Waals surface area contributed by atoms with Crippen molar-refractivity contribution in [1.82, 2.24) is 4.37 Å². The Labute approximate surface area is 90.1 Å². The van der Waals surface area contributed by atoms with Gasteiger partial charge in [0, 0.05) is 5.02 Å². The van der Waals surface area contributed by atoms with Gasteiger partial charge in [-0.3, -0.25) is 0 Å². The standard InChI is InChI=1S/C9H5Cl2NS/c10-7-3-1-6(2-4-7)8-5-9(11)12-13-8/h1-5H. The van der Waals surface area contributed by atoms with Gasteiger partial charge in [0.15, 0.2) is 0 Å². The molecule has 2 rings (SSSR count). The van der Waals surface area contributed by atoms with Crippen LogP contribution in [0, 0.1) is 0 Å². The van der Waals surface area contributed by atoms with Gasteiger partial charge in [-0.1, -0.05) is 35.3 Å². The number of nitrogens with zero attached hydrogens (tertiary/aromatic N) is 1. The van der Waals surface area contributed by atoms with Crippen molar-refractivity contribution in [1.29, 1.82) is 0 Å². The molecule has 4 heteroatoms. The minimum absolute atomic E-state index is 0.537. The summed E-state index contributed by atoms with van der Waals surface area (Å²) in [5, 5.41) is 1.27. The molecule has 66 valence electrons. The minimum Gasteiger partial charge on any atom is -0.180 e. The van der Waals surface area contributed by atoms with Crippen molar-refractivity contribution in [2.45, 2.75) is 0 Å². The van der Waals surface area contributed by atoms with E-state index < -0.39 is 0 Å². The number of hydrogen-bond donors (Lipinski definition) is 0. The fraction of sp³-hybridized carbons (Fsp3) is 0. The highest BCUT2D eigenvalue weighted by atomic mass is 35.5. The SMILES string of the molecule is Clc1ccc(-c2cc(Cl)ns2)cc1. The Balaban J connectivity index is 2.41. The molecule has 0 aliphatic heterocycles. The van der Waals surface area contributed by atoms with Crippen molar-refractivity contribution in [3.8, 4) is 10.4 Å². The number of rotatable bonds is 1. The number of benzene rings is 1. The van der Waals surface area contributed by atoms with Crippen LogP contribution in [0.3, 0.4) is 0 Å². The molecule has 0 saturated carbocycles. The van der Waals surface area contributed by atoms with Crippen molar-refractivity contribution in [2.24, 2.45) is 0 Å². The lowest BCUT2D eigenvalue weighted by atomic mass is 10.2. The minimum atomic E-state index is 0.537. The van der Waals surface area contributed by atoms with Gasteiger partial charge in [0.25, 0.3) is 0 Å². The molecular weight excluding hydrogens is 225 g/mol. The molecule has 0 aliphatic rings. The molecule has 0 saturated heterocycles. The van der Waals surface area contributed by atoms with E-state index in [1.165, 1.54) is 11.5 Å². The summed E-state index contributed by atoms with van der Waals surface area (Å²) in [6, 6.07) is 9.45. The molecule has 1 aromatic heterocycles. The summed E-state index contributed by atoms with van der Waals surface area (Å²) in [7, 11) is 0. The molecule has 0 fully saturated rings. The first-order valence-corrected chi connectivity index (χ1v) is 5.17. The second kappa shape index (κ2) is 3.66. The maximum absolute atomic E-state index is 5.77. The molecule has 0 amide bonds. The Bertz CT molecular complexity index is 408. The summed E-state index contributed by atoms with van der Waals surface area (Å²) < 4.78 is 3.99. The molecule has 13 heavy (non-hydrogen) atoms. The lowest BCUT2D eigenvalue weighted by Crippen LogP contribution is -1.69. The Morgan fingerprint density at radius 1 is 1.08 bits per heavy atom. The number of hydrogen-bond acceptors (Lipinski definition) is 2. The third-order valence-electron chi connectivity index (χ3n) is 1.61. The van der Waals surface area contributed by atoms with E-state index in [4.69, 9.17) is 23.2 Å². The average molecular weight is 230 g/mol. The summed E-state index contributed by atoms with van der Waals surface area (Å²) in [4.78, 5) is 1.06. The van der Waals surface area contributed by atoms with Crippen LogP contribution >= 0.6 is 34.7 Å². The second-order valence-electron chi connectivity index (χ2n) is 2.52. The highest BCUT2D eigenvalue weighted by molar-refractivity contribution is 7.09. The van der Waals surface area contributed by atoms with Crippen molar-refractivity contribution < 1.29 is 0 Å². The van der Waals surface area contributed by atoms with Gasteiger partial charge < -0.3 is 0 Å². The lowest BCUT2D eigenvalue weighted by Gasteiger charge is -1.94. The first kappa shape index (κ1) is 9.00. The van der Waals surface area contributed by atoms with Crippen LogP contribution in [0.15, 0.2) is 30.3 Å². The predicted octanol–water partition coefficient (Wildman–Crippen LogP) is 4.12. The predicted molar refractivity (Wildman–Crippen MR) is 57.6 cm³/mol. The Hall–Kier alpha value is -0.570. The van der Waals surface area contributed by atoms with E-state index in [2.05, 4.69) is 4.37 Å². The van der Waals surface area contributed by atoms with Crippen LogP contribution in [0.4, 0.5) is 0 Å². The molecule has 0 atom stereocenters. The zero-order valence-electron chi connectivity index (χ0n) is 6.50. The first-order valence-electron chi connectivity index (χ1n) is 3.64. The molecule has 0 aliphatic carbocycles. The van der Waals surface area contributed by atoms with Crippen LogP contribution < -0.4 is 0 Å². The number of aromatic nitrogens is 1. The maximum atomic E-state index is 5.77. The van der Waals surface area contributed by atoms with E-state index in [9.17, 15) is 0 Å². The van der Waals surface area contributed by atoms with E-state index >= 15 is 0 Å². The maximum Gasteiger partial charge on any atom is 0.143 e. The van der Waals surface area contributed by atoms with Gasteiger partial charge in [-0.15, -0.1) is 0 Å². The summed E-state index contributed by atoms with van der Waals surface area (Å²) in [6.45, 7) is 0. The van der Waals surface area contributed by atoms with Crippen molar-refractivity contribution in [2.75, 3.05) is 0 Å². The van der Waals surface area contributed by atoms with Gasteiger partial charge in [0.1, 0.15) is 5.15 Å². The van der Waals surface area contributed by atoms with E-state index in [1.54, 1.807) is 0 Å². The van der Waals surface area contributed by atoms with Gasteiger partial charge in [-0.2, -0.15) is 4.37 Å². The zero-order valence-corrected chi connectivity index (χ0v) is 8.83. The Morgan fingerprint density at radius 2 is 1.77 bits per heavy atom. The van der Waals surface area contributed by atoms with Crippen LogP contribution in [0.5, 0.6) is 0 Å². The summed E-state index contributed by atoms with van der Waals surface area (Å²) in [6.07, 6.45) is 0. The monoisotopic (exact) mass is 229 g/mol. The molecule has 0 unspecified atom stereocenters. The Kier molecular flexibility index (Phi) is 2.54. The van der Waals surface area contributed by atoms with Crippen LogP contribution in [-0.2, 0) is 0 Å². The van der Waals surface area contributed by atoms with Crippen molar-refractivity contribution >= 4 is 34.7 Å². The quantitative estimate of drug-likeness (QED) is 0.718. The summed E-state index contributed by atoms with van der Waals surface area (Å²) in [5.41, 5.74) is 1.09. The first-order chi connectivity index (χ1) is 6.25. The highest BCUT2D eigenvalue weighted by Gasteiger charge is 2.01. The molecule has 1 heterocycles. The normalized spacial score (nSPS) is 10.3. The van der Waals surface area contributed by atoms with E-state index in [-0.39, 0.29) is 0 Å². The third kappa shape index (κ3) is 2.02. The molecule has 2 aromatic rings. The molecular formula is C9H5Cl2NS. The molecule has 0 N–H and O–H groups in total. The summed E-state index contributed by atoms with van der Waals surface area (Å²) in [5.74, 6) is 0. The van der Waals surface area contributed by atoms with E-state index in [1.807, 2.05) is 30.3 Å². The highest BCUT2D eigenvalue weighted by Crippen LogP contribution is 2.27. The molecule has 1 nitrogen and oxygen atoms in total. The smallest absolute Gasteiger partial charge is 0.143 e. The molecule has 0 spiro atoms. The van der Waals surface area contributed by atoms with Crippen molar-refractivity contribution in [3.63, 3.8) is 0 Å². The third-order valence-corrected chi connectivity index (χ3v) is 2.99. The van der Waals surface area contributed by atoms with Gasteiger partial charge in [-0.25, -0.2) is 0 Å². The van der Waals surface area contributed by atoms with Crippen LogP contribution in [-0.4, -0.2) is 4.37 Å². The topological polar surface area (TPSA) is 12.9 Å². The molecule has 1 aromatic carbocycles. The van der Waals surface area contributed by atoms with E-state index in [0.29, 0.717) is 5.15 Å². The number of halogens is 2. The van der Waals surface area contributed by atoms with Gasteiger partial charge in [0.05, 0.1) is 4.88 Å². The largest absolute Gasteiger partial charge is 0.180 e. The van der Waals surface area contributed by atoms with Gasteiger partial charge >= 0.3 is 0 Å². The molecule has 0 radical (unpaired) electrons. The lowest BCUT2D eigenvalue weighted by molar-refractivity contribution is 1.58. The van der Waals surface area contributed by atoms with Gasteiger partial charge in [-0.05, 0) is 35.3 Å². The van der Waals surface area contributed by atoms with Crippen molar-refractivity contribution in [3.05, 3.63) is 40.5 Å². The van der Waals surface area contributed by atoms with Crippen LogP contribution in [0.2, 0.25) is 10.2 Å². The Morgan fingerprint density at radius 3 is 2.31 bits per heavy atom.